The van der Waals surface area contributed by atoms with Crippen LogP contribution in [0.4, 0.5) is 0 Å². The molecule has 0 spiro atoms. The lowest BCUT2D eigenvalue weighted by molar-refractivity contribution is -0.532. The summed E-state index contributed by atoms with van der Waals surface area (Å²) in [6.07, 6.45) is 10.4. The molecule has 0 unspecified atom stereocenters. The van der Waals surface area contributed by atoms with Crippen molar-refractivity contribution in [3.8, 4) is 0 Å². The second-order valence-corrected chi connectivity index (χ2v) is 18.3. The van der Waals surface area contributed by atoms with Crippen molar-refractivity contribution in [3.05, 3.63) is 0 Å². The molecule has 0 amide bonds. The maximum absolute atomic E-state index is 10.7. The Morgan fingerprint density at radius 2 is 1.33 bits per heavy atom. The summed E-state index contributed by atoms with van der Waals surface area (Å²) in [5.41, 5.74) is 3.49. The molecular formula is C36H63O6-. The molecule has 1 heterocycles. The van der Waals surface area contributed by atoms with Crippen LogP contribution in [-0.2, 0) is 4.74 Å². The summed E-state index contributed by atoms with van der Waals surface area (Å²) in [7, 11) is 0. The van der Waals surface area contributed by atoms with Crippen molar-refractivity contribution in [2.75, 3.05) is 6.61 Å². The highest BCUT2D eigenvalue weighted by molar-refractivity contribution is 5.17. The highest BCUT2D eigenvalue weighted by atomic mass is 16.6. The summed E-state index contributed by atoms with van der Waals surface area (Å²) in [4.78, 5) is 0. The van der Waals surface area contributed by atoms with Crippen LogP contribution in [0.1, 0.15) is 132 Å². The second kappa shape index (κ2) is 10.9. The van der Waals surface area contributed by atoms with E-state index in [-0.39, 0.29) is 0 Å². The zero-order valence-electron chi connectivity index (χ0n) is 28.0. The minimum Gasteiger partial charge on any atom is -0.829 e. The van der Waals surface area contributed by atoms with Gasteiger partial charge in [-0.1, -0.05) is 61.8 Å². The van der Waals surface area contributed by atoms with E-state index in [9.17, 15) is 5.11 Å². The lowest BCUT2D eigenvalue weighted by Crippen LogP contribution is -2.65. The van der Waals surface area contributed by atoms with Crippen LogP contribution in [0.15, 0.2) is 0 Å². The SMILES string of the molecule is CC1(C)CC[C@]2(C)CC[C@]3(C)[C@H](CC[C@@H]4[C@@]5(C)CCCC(C)(C)[C@@H]5CC[C@]43C)[C@@H]2C1.[O-][C@@H]1O[C@H](CO)[C@@H](O)[C@H](O)[C@H]1O. The van der Waals surface area contributed by atoms with E-state index in [4.69, 9.17) is 20.4 Å². The smallest absolute Gasteiger partial charge is 0.111 e. The van der Waals surface area contributed by atoms with Crippen LogP contribution >= 0.6 is 0 Å². The molecule has 5 aliphatic carbocycles. The van der Waals surface area contributed by atoms with Crippen LogP contribution in [0.2, 0.25) is 0 Å². The third kappa shape index (κ3) is 5.05. The highest BCUT2D eigenvalue weighted by Gasteiger charge is 2.68. The Kier molecular flexibility index (Phi) is 8.63. The zero-order valence-corrected chi connectivity index (χ0v) is 28.0. The molecule has 6 fully saturated rings. The molecule has 42 heavy (non-hydrogen) atoms. The molecule has 5 saturated carbocycles. The van der Waals surface area contributed by atoms with Gasteiger partial charge in [0.25, 0.3) is 0 Å². The standard InChI is InChI=1S/C30H52.C6H11O6/c1-25(2)16-17-27(5)18-19-29(7)21(22(27)20-25)10-11-24-28(6)14-9-13-26(3,4)23(28)12-15-30(24,29)8;7-1-2-3(8)4(9)5(10)6(11)12-2/h21-24H,9-20H2,1-8H3;2-10H,1H2/q;-1/t21-,22+,23+,24-,27-,28+,29-,30-;2-,3-,4+,5-,6-/m11/s1. The first-order chi connectivity index (χ1) is 19.4. The number of ether oxygens (including phenoxy) is 1. The van der Waals surface area contributed by atoms with Gasteiger partial charge in [-0.15, -0.1) is 0 Å². The maximum Gasteiger partial charge on any atom is 0.111 e. The van der Waals surface area contributed by atoms with E-state index in [1.54, 1.807) is 0 Å². The van der Waals surface area contributed by atoms with Crippen molar-refractivity contribution in [1.29, 1.82) is 0 Å². The van der Waals surface area contributed by atoms with E-state index in [1.807, 2.05) is 0 Å². The van der Waals surface area contributed by atoms with Crippen LogP contribution in [-0.4, -0.2) is 57.7 Å². The zero-order chi connectivity index (χ0) is 31.1. The van der Waals surface area contributed by atoms with Crippen LogP contribution < -0.4 is 5.11 Å². The summed E-state index contributed by atoms with van der Waals surface area (Å²) < 4.78 is 4.46. The number of hydrogen-bond donors (Lipinski definition) is 4. The quantitative estimate of drug-likeness (QED) is 0.324. The summed E-state index contributed by atoms with van der Waals surface area (Å²) in [6, 6.07) is 0. The number of hydrogen-bond acceptors (Lipinski definition) is 6. The summed E-state index contributed by atoms with van der Waals surface area (Å²) >= 11 is 0. The Balaban J connectivity index is 0.000000248. The van der Waals surface area contributed by atoms with E-state index in [1.165, 1.54) is 77.0 Å². The van der Waals surface area contributed by atoms with Gasteiger partial charge in [-0.05, 0) is 127 Å². The molecule has 244 valence electrons. The minimum absolute atomic E-state index is 0.560. The molecule has 0 aromatic rings. The van der Waals surface area contributed by atoms with Gasteiger partial charge < -0.3 is 30.3 Å². The number of aliphatic hydroxyl groups excluding tert-OH is 4. The molecule has 6 rings (SSSR count). The van der Waals surface area contributed by atoms with Gasteiger partial charge >= 0.3 is 0 Å². The maximum atomic E-state index is 10.7. The third-order valence-electron chi connectivity index (χ3n) is 15.3. The summed E-state index contributed by atoms with van der Waals surface area (Å²) in [5.74, 6) is 3.88. The molecule has 6 aliphatic rings. The Bertz CT molecular complexity index is 977. The Morgan fingerprint density at radius 3 is 2.00 bits per heavy atom. The summed E-state index contributed by atoms with van der Waals surface area (Å²) in [5, 5.41) is 46.3. The number of rotatable bonds is 1. The second-order valence-electron chi connectivity index (χ2n) is 18.3. The summed E-state index contributed by atoms with van der Waals surface area (Å²) in [6.45, 7) is 20.9. The molecule has 13 atom stereocenters. The third-order valence-corrected chi connectivity index (χ3v) is 15.3. The van der Waals surface area contributed by atoms with Crippen molar-refractivity contribution >= 4 is 0 Å². The molecule has 6 heteroatoms. The van der Waals surface area contributed by atoms with Gasteiger partial charge in [-0.25, -0.2) is 0 Å². The Morgan fingerprint density at radius 1 is 0.667 bits per heavy atom. The average Bonchev–Trinajstić information content (AvgIpc) is 2.90. The Labute approximate surface area is 256 Å². The topological polar surface area (TPSA) is 113 Å². The fraction of sp³-hybridized carbons (Fsp3) is 1.00. The minimum atomic E-state index is -1.82. The monoisotopic (exact) mass is 591 g/mol. The number of fused-ring (bicyclic) bond motifs is 7. The van der Waals surface area contributed by atoms with Crippen LogP contribution in [0, 0.1) is 56.2 Å². The van der Waals surface area contributed by atoms with Gasteiger partial charge in [0.05, 0.1) is 12.7 Å². The predicted octanol–water partition coefficient (Wildman–Crippen LogP) is 5.42. The Hall–Kier alpha value is -0.240. The lowest BCUT2D eigenvalue weighted by Gasteiger charge is -2.73. The van der Waals surface area contributed by atoms with Crippen LogP contribution in [0.3, 0.4) is 0 Å². The molecule has 0 bridgehead atoms. The van der Waals surface area contributed by atoms with Gasteiger partial charge in [0, 0.05) is 6.29 Å². The molecule has 1 aliphatic heterocycles. The van der Waals surface area contributed by atoms with E-state index >= 15 is 0 Å². The largest absolute Gasteiger partial charge is 0.829 e. The number of aliphatic hydroxyl groups is 4. The molecule has 0 radical (unpaired) electrons. The predicted molar refractivity (Wildman–Crippen MR) is 163 cm³/mol. The van der Waals surface area contributed by atoms with E-state index in [2.05, 4.69) is 60.1 Å². The lowest BCUT2D eigenvalue weighted by atomic mass is 9.31. The molecule has 1 saturated heterocycles. The van der Waals surface area contributed by atoms with Crippen molar-refractivity contribution in [1.82, 2.24) is 0 Å². The first kappa shape index (κ1) is 33.1. The van der Waals surface area contributed by atoms with Crippen LogP contribution in [0.5, 0.6) is 0 Å². The first-order valence-electron chi connectivity index (χ1n) is 17.3. The first-order valence-corrected chi connectivity index (χ1v) is 17.3. The van der Waals surface area contributed by atoms with E-state index < -0.39 is 37.3 Å². The van der Waals surface area contributed by atoms with Gasteiger partial charge in [-0.2, -0.15) is 0 Å². The van der Waals surface area contributed by atoms with Crippen LogP contribution in [0.25, 0.3) is 0 Å². The highest BCUT2D eigenvalue weighted by Crippen LogP contribution is 2.76. The van der Waals surface area contributed by atoms with Crippen molar-refractivity contribution in [2.24, 2.45) is 56.2 Å². The van der Waals surface area contributed by atoms with Gasteiger partial charge in [0.1, 0.15) is 18.3 Å². The van der Waals surface area contributed by atoms with Gasteiger partial charge in [-0.3, -0.25) is 0 Å². The normalized spacial score (nSPS) is 54.6. The molecule has 4 N–H and O–H groups in total. The van der Waals surface area contributed by atoms with E-state index in [0.29, 0.717) is 32.5 Å². The molecule has 0 aromatic carbocycles. The molecule has 0 aromatic heterocycles. The van der Waals surface area contributed by atoms with Crippen molar-refractivity contribution in [3.63, 3.8) is 0 Å². The van der Waals surface area contributed by atoms with Gasteiger partial charge in [0.15, 0.2) is 0 Å². The average molecular weight is 592 g/mol. The fourth-order valence-electron chi connectivity index (χ4n) is 12.5. The van der Waals surface area contributed by atoms with Crippen molar-refractivity contribution < 1.29 is 30.3 Å². The molecule has 6 nitrogen and oxygen atoms in total. The molecular weight excluding hydrogens is 528 g/mol. The van der Waals surface area contributed by atoms with Crippen molar-refractivity contribution in [2.45, 2.75) is 163 Å². The fourth-order valence-corrected chi connectivity index (χ4v) is 12.5. The van der Waals surface area contributed by atoms with Gasteiger partial charge in [0.2, 0.25) is 0 Å². The van der Waals surface area contributed by atoms with E-state index in [0.717, 1.165) is 23.7 Å².